The number of ether oxygens (including phenoxy) is 1. The second kappa shape index (κ2) is 7.64. The molecule has 7 heteroatoms. The number of aromatic nitrogens is 1. The van der Waals surface area contributed by atoms with Gasteiger partial charge in [-0.25, -0.2) is 0 Å². The second-order valence-electron chi connectivity index (χ2n) is 5.52. The third-order valence-corrected chi connectivity index (χ3v) is 4.08. The number of rotatable bonds is 4. The minimum atomic E-state index is -0.439. The van der Waals surface area contributed by atoms with Gasteiger partial charge >= 0.3 is 0 Å². The molecular formula is C19H14Cl2N2O3. The Labute approximate surface area is 159 Å². The number of carbonyl (C=O) groups is 1. The Morgan fingerprint density at radius 2 is 1.69 bits per heavy atom. The molecule has 5 nitrogen and oxygen atoms in total. The van der Waals surface area contributed by atoms with E-state index in [1.54, 1.807) is 55.6 Å². The summed E-state index contributed by atoms with van der Waals surface area (Å²) in [5, 5.41) is 3.75. The van der Waals surface area contributed by atoms with Crippen LogP contribution in [-0.4, -0.2) is 10.5 Å². The number of carbonyl (C=O) groups excluding carboxylic acids is 1. The summed E-state index contributed by atoms with van der Waals surface area (Å²) in [6.45, 7) is 0. The van der Waals surface area contributed by atoms with Gasteiger partial charge in [0.05, 0.1) is 5.69 Å². The maximum absolute atomic E-state index is 12.5. The summed E-state index contributed by atoms with van der Waals surface area (Å²) < 4.78 is 7.18. The quantitative estimate of drug-likeness (QED) is 0.702. The molecule has 2 aromatic carbocycles. The molecule has 0 aliphatic heterocycles. The first-order chi connectivity index (χ1) is 12.4. The Kier molecular flexibility index (Phi) is 5.30. The van der Waals surface area contributed by atoms with E-state index in [0.717, 1.165) is 0 Å². The highest BCUT2D eigenvalue weighted by Gasteiger charge is 2.12. The average Bonchev–Trinajstić information content (AvgIpc) is 2.61. The van der Waals surface area contributed by atoms with E-state index < -0.39 is 5.91 Å². The number of halogens is 2. The molecule has 132 valence electrons. The van der Waals surface area contributed by atoms with Gasteiger partial charge in [-0.05, 0) is 48.5 Å². The Balaban J connectivity index is 1.87. The highest BCUT2D eigenvalue weighted by Crippen LogP contribution is 2.32. The normalized spacial score (nSPS) is 10.4. The van der Waals surface area contributed by atoms with E-state index in [1.165, 1.54) is 16.8 Å². The number of nitrogens with one attached hydrogen (secondary N) is 1. The highest BCUT2D eigenvalue weighted by molar-refractivity contribution is 6.31. The molecule has 0 atom stereocenters. The Morgan fingerprint density at radius 1 is 1.00 bits per heavy atom. The molecule has 0 spiro atoms. The molecule has 0 fully saturated rings. The number of anilines is 1. The molecule has 1 amide bonds. The summed E-state index contributed by atoms with van der Waals surface area (Å²) in [6.07, 6.45) is 1.53. The molecule has 0 aliphatic carbocycles. The van der Waals surface area contributed by atoms with E-state index in [9.17, 15) is 9.59 Å². The van der Waals surface area contributed by atoms with Gasteiger partial charge in [0.25, 0.3) is 11.5 Å². The number of aryl methyl sites for hydroxylation is 1. The summed E-state index contributed by atoms with van der Waals surface area (Å²) >= 11 is 11.9. The van der Waals surface area contributed by atoms with Gasteiger partial charge in [-0.2, -0.15) is 0 Å². The Bertz CT molecular complexity index is 1010. The van der Waals surface area contributed by atoms with Gasteiger partial charge in [-0.15, -0.1) is 0 Å². The van der Waals surface area contributed by atoms with Crippen molar-refractivity contribution in [1.82, 2.24) is 4.57 Å². The molecule has 3 aromatic rings. The molecule has 26 heavy (non-hydrogen) atoms. The Morgan fingerprint density at radius 3 is 2.38 bits per heavy atom. The van der Waals surface area contributed by atoms with E-state index in [4.69, 9.17) is 27.9 Å². The van der Waals surface area contributed by atoms with Crippen molar-refractivity contribution in [1.29, 1.82) is 0 Å². The molecule has 3 rings (SSSR count). The number of nitrogens with zero attached hydrogens (tertiary/aromatic N) is 1. The summed E-state index contributed by atoms with van der Waals surface area (Å²) in [5.41, 5.74) is 0.352. The molecule has 0 unspecified atom stereocenters. The number of hydrogen-bond acceptors (Lipinski definition) is 3. The zero-order valence-electron chi connectivity index (χ0n) is 13.7. The van der Waals surface area contributed by atoms with Crippen molar-refractivity contribution in [2.24, 2.45) is 7.05 Å². The maximum Gasteiger partial charge on any atom is 0.256 e. The third-order valence-electron chi connectivity index (χ3n) is 3.60. The van der Waals surface area contributed by atoms with Crippen molar-refractivity contribution in [3.05, 3.63) is 86.8 Å². The van der Waals surface area contributed by atoms with Crippen LogP contribution < -0.4 is 15.6 Å². The van der Waals surface area contributed by atoms with Crippen molar-refractivity contribution in [3.63, 3.8) is 0 Å². The van der Waals surface area contributed by atoms with Crippen LogP contribution in [0.2, 0.25) is 10.0 Å². The van der Waals surface area contributed by atoms with Gasteiger partial charge in [0.1, 0.15) is 5.75 Å². The van der Waals surface area contributed by atoms with Crippen LogP contribution in [0.1, 0.15) is 10.4 Å². The number of benzene rings is 2. The van der Waals surface area contributed by atoms with Crippen molar-refractivity contribution >= 4 is 34.8 Å². The monoisotopic (exact) mass is 388 g/mol. The summed E-state index contributed by atoms with van der Waals surface area (Å²) in [5.74, 6) is 0.528. The predicted molar refractivity (Wildman–Crippen MR) is 103 cm³/mol. The fourth-order valence-electron chi connectivity index (χ4n) is 2.20. The van der Waals surface area contributed by atoms with Crippen molar-refractivity contribution in [2.75, 3.05) is 5.32 Å². The summed E-state index contributed by atoms with van der Waals surface area (Å²) in [6, 6.07) is 14.5. The van der Waals surface area contributed by atoms with E-state index in [0.29, 0.717) is 27.2 Å². The standard InChI is InChI=1S/C19H14Cl2N2O3/c1-23-9-8-12(10-18(23)24)19(25)22-16-11-14(21)4-7-17(16)26-15-5-2-13(20)3-6-15/h2-11H,1H3,(H,22,25). The molecule has 1 N–H and O–H groups in total. The molecule has 0 saturated carbocycles. The van der Waals surface area contributed by atoms with Crippen molar-refractivity contribution in [2.45, 2.75) is 0 Å². The SMILES string of the molecule is Cn1ccc(C(=O)Nc2cc(Cl)ccc2Oc2ccc(Cl)cc2)cc1=O. The first kappa shape index (κ1) is 18.0. The van der Waals surface area contributed by atoms with Gasteiger partial charge in [-0.1, -0.05) is 23.2 Å². The van der Waals surface area contributed by atoms with Crippen LogP contribution in [0, 0.1) is 0 Å². The Hall–Kier alpha value is -2.76. The first-order valence-electron chi connectivity index (χ1n) is 7.63. The zero-order chi connectivity index (χ0) is 18.7. The zero-order valence-corrected chi connectivity index (χ0v) is 15.2. The first-order valence-corrected chi connectivity index (χ1v) is 8.39. The number of amides is 1. The summed E-state index contributed by atoms with van der Waals surface area (Å²) in [7, 11) is 1.61. The van der Waals surface area contributed by atoms with Gasteiger partial charge < -0.3 is 14.6 Å². The molecule has 1 heterocycles. The largest absolute Gasteiger partial charge is 0.455 e. The fraction of sp³-hybridized carbons (Fsp3) is 0.0526. The van der Waals surface area contributed by atoms with Gasteiger partial charge in [0, 0.05) is 34.9 Å². The lowest BCUT2D eigenvalue weighted by Gasteiger charge is -2.13. The van der Waals surface area contributed by atoms with Crippen LogP contribution in [-0.2, 0) is 7.05 Å². The summed E-state index contributed by atoms with van der Waals surface area (Å²) in [4.78, 5) is 24.2. The van der Waals surface area contributed by atoms with Gasteiger partial charge in [0.15, 0.2) is 5.75 Å². The fourth-order valence-corrected chi connectivity index (χ4v) is 2.50. The lowest BCUT2D eigenvalue weighted by atomic mass is 10.2. The van der Waals surface area contributed by atoms with Crippen LogP contribution in [0.3, 0.4) is 0 Å². The van der Waals surface area contributed by atoms with Crippen LogP contribution in [0.4, 0.5) is 5.69 Å². The molecule has 0 aliphatic rings. The smallest absolute Gasteiger partial charge is 0.256 e. The van der Waals surface area contributed by atoms with Crippen LogP contribution in [0.15, 0.2) is 65.6 Å². The van der Waals surface area contributed by atoms with E-state index in [1.807, 2.05) is 0 Å². The maximum atomic E-state index is 12.5. The second-order valence-corrected chi connectivity index (χ2v) is 6.39. The molecular weight excluding hydrogens is 375 g/mol. The molecule has 0 saturated heterocycles. The number of pyridine rings is 1. The lowest BCUT2D eigenvalue weighted by Crippen LogP contribution is -2.20. The predicted octanol–water partition coefficient (Wildman–Crippen LogP) is 4.74. The minimum Gasteiger partial charge on any atom is -0.455 e. The van der Waals surface area contributed by atoms with Crippen molar-refractivity contribution < 1.29 is 9.53 Å². The van der Waals surface area contributed by atoms with Crippen molar-refractivity contribution in [3.8, 4) is 11.5 Å². The van der Waals surface area contributed by atoms with Crippen LogP contribution in [0.5, 0.6) is 11.5 Å². The third kappa shape index (κ3) is 4.25. The van der Waals surface area contributed by atoms with Gasteiger partial charge in [-0.3, -0.25) is 9.59 Å². The average molecular weight is 389 g/mol. The molecule has 0 radical (unpaired) electrons. The van der Waals surface area contributed by atoms with E-state index >= 15 is 0 Å². The lowest BCUT2D eigenvalue weighted by molar-refractivity contribution is 0.102. The number of hydrogen-bond donors (Lipinski definition) is 1. The van der Waals surface area contributed by atoms with Crippen LogP contribution >= 0.6 is 23.2 Å². The van der Waals surface area contributed by atoms with E-state index in [2.05, 4.69) is 5.32 Å². The van der Waals surface area contributed by atoms with Crippen LogP contribution in [0.25, 0.3) is 0 Å². The topological polar surface area (TPSA) is 60.3 Å². The molecule has 1 aromatic heterocycles. The van der Waals surface area contributed by atoms with Gasteiger partial charge in [0.2, 0.25) is 0 Å². The van der Waals surface area contributed by atoms with E-state index in [-0.39, 0.29) is 11.1 Å². The minimum absolute atomic E-state index is 0.241. The highest BCUT2D eigenvalue weighted by atomic mass is 35.5. The molecule has 0 bridgehead atoms.